The Labute approximate surface area is 212 Å². The summed E-state index contributed by atoms with van der Waals surface area (Å²) in [4.78, 5) is 29.6. The number of pyridine rings is 1. The zero-order valence-electron chi connectivity index (χ0n) is 20.0. The molecule has 0 aliphatic heterocycles. The van der Waals surface area contributed by atoms with Crippen molar-refractivity contribution in [3.63, 3.8) is 0 Å². The van der Waals surface area contributed by atoms with Gasteiger partial charge in [0.2, 0.25) is 0 Å². The van der Waals surface area contributed by atoms with Crippen molar-refractivity contribution < 1.29 is 14.3 Å². The number of esters is 1. The number of aryl methyl sites for hydroxylation is 2. The maximum absolute atomic E-state index is 13.0. The average molecular weight is 487 g/mol. The molecule has 3 aromatic carbocycles. The monoisotopic (exact) mass is 486 g/mol. The quantitative estimate of drug-likeness (QED) is 0.347. The summed E-state index contributed by atoms with van der Waals surface area (Å²) >= 11 is 0. The zero-order chi connectivity index (χ0) is 24.1. The van der Waals surface area contributed by atoms with Crippen molar-refractivity contribution >= 4 is 36.0 Å². The van der Waals surface area contributed by atoms with E-state index < -0.39 is 0 Å². The summed E-state index contributed by atoms with van der Waals surface area (Å²) in [7, 11) is 0. The Morgan fingerprint density at radius 2 is 1.66 bits per heavy atom. The number of ketones is 1. The number of fused-ring (bicyclic) bond motifs is 1. The molecule has 0 radical (unpaired) electrons. The first-order chi connectivity index (χ1) is 16.4. The van der Waals surface area contributed by atoms with E-state index in [0.717, 1.165) is 38.6 Å². The Morgan fingerprint density at radius 1 is 0.914 bits per heavy atom. The molecular weight excluding hydrogens is 456 g/mol. The van der Waals surface area contributed by atoms with Gasteiger partial charge in [-0.3, -0.25) is 9.78 Å². The number of aromatic nitrogens is 1. The molecule has 0 fully saturated rings. The Bertz CT molecular complexity index is 1340. The topological polar surface area (TPSA) is 82.3 Å². The molecule has 0 aliphatic carbocycles. The van der Waals surface area contributed by atoms with E-state index in [1.54, 1.807) is 12.3 Å². The van der Waals surface area contributed by atoms with E-state index in [4.69, 9.17) is 10.5 Å². The molecule has 4 aromatic rings. The van der Waals surface area contributed by atoms with E-state index in [1.807, 2.05) is 80.7 Å². The third kappa shape index (κ3) is 6.35. The number of Topliss-reactive ketones (excluding diaryl/α,β-unsaturated/α-hetero) is 1. The van der Waals surface area contributed by atoms with Gasteiger partial charge >= 0.3 is 5.97 Å². The van der Waals surface area contributed by atoms with Gasteiger partial charge in [-0.05, 0) is 53.6 Å². The van der Waals surface area contributed by atoms with Crippen LogP contribution in [0.5, 0.6) is 0 Å². The van der Waals surface area contributed by atoms with Crippen LogP contribution in [-0.2, 0) is 22.6 Å². The van der Waals surface area contributed by atoms with Crippen molar-refractivity contribution in [2.45, 2.75) is 32.8 Å². The summed E-state index contributed by atoms with van der Waals surface area (Å²) in [5, 5.41) is 2.10. The number of carbonyl (C=O) groups excluding carboxylic acids is 2. The van der Waals surface area contributed by atoms with Crippen LogP contribution in [0.4, 0.5) is 0 Å². The lowest BCUT2D eigenvalue weighted by Gasteiger charge is -2.15. The minimum Gasteiger partial charge on any atom is -0.457 e. The van der Waals surface area contributed by atoms with Crippen LogP contribution >= 0.6 is 13.5 Å². The second kappa shape index (κ2) is 11.8. The van der Waals surface area contributed by atoms with Crippen LogP contribution in [0, 0.1) is 13.8 Å². The van der Waals surface area contributed by atoms with E-state index in [1.165, 1.54) is 0 Å². The van der Waals surface area contributed by atoms with E-state index in [2.05, 4.69) is 4.98 Å². The fourth-order valence-corrected chi connectivity index (χ4v) is 4.14. The summed E-state index contributed by atoms with van der Waals surface area (Å²) in [5.41, 5.74) is 11.2. The number of nitrogens with zero attached hydrogens (tertiary/aromatic N) is 1. The summed E-state index contributed by atoms with van der Waals surface area (Å²) < 4.78 is 5.49. The predicted molar refractivity (Wildman–Crippen MR) is 144 cm³/mol. The standard InChI is InChI=1S/C29H28N2O3.H2S/c1-19-3-10-26(20(2)13-19)29(33)34-18-21-4-7-23(8-5-21)27(16-30)28(32)15-22-6-9-25-17-31-12-11-24(25)14-22;/h3-14,17,27H,15-16,18,30H2,1-2H3;1H2/t27-;/m1./s1. The molecule has 1 aromatic heterocycles. The first-order valence-electron chi connectivity index (χ1n) is 11.3. The second-order valence-electron chi connectivity index (χ2n) is 8.62. The first kappa shape index (κ1) is 26.1. The van der Waals surface area contributed by atoms with Gasteiger partial charge < -0.3 is 10.5 Å². The normalized spacial score (nSPS) is 11.5. The van der Waals surface area contributed by atoms with Gasteiger partial charge in [-0.1, -0.05) is 60.2 Å². The molecule has 1 atom stereocenters. The van der Waals surface area contributed by atoms with E-state index in [-0.39, 0.29) is 44.3 Å². The molecule has 2 N–H and O–H groups in total. The largest absolute Gasteiger partial charge is 0.457 e. The van der Waals surface area contributed by atoms with Gasteiger partial charge in [-0.2, -0.15) is 13.5 Å². The van der Waals surface area contributed by atoms with E-state index in [0.29, 0.717) is 12.0 Å². The van der Waals surface area contributed by atoms with Gasteiger partial charge in [-0.15, -0.1) is 0 Å². The summed E-state index contributed by atoms with van der Waals surface area (Å²) in [6.45, 7) is 4.29. The van der Waals surface area contributed by atoms with Crippen LogP contribution in [0.25, 0.3) is 10.8 Å². The maximum Gasteiger partial charge on any atom is 0.338 e. The van der Waals surface area contributed by atoms with Crippen molar-refractivity contribution in [3.05, 3.63) is 113 Å². The molecule has 0 amide bonds. The Balaban J connectivity index is 0.00000342. The molecule has 0 aliphatic rings. The molecule has 0 unspecified atom stereocenters. The molecule has 0 saturated heterocycles. The molecule has 5 nitrogen and oxygen atoms in total. The second-order valence-corrected chi connectivity index (χ2v) is 8.62. The molecule has 0 saturated carbocycles. The van der Waals surface area contributed by atoms with Crippen molar-refractivity contribution in [3.8, 4) is 0 Å². The number of hydrogen-bond acceptors (Lipinski definition) is 5. The van der Waals surface area contributed by atoms with Crippen LogP contribution < -0.4 is 5.73 Å². The highest BCUT2D eigenvalue weighted by molar-refractivity contribution is 7.59. The lowest BCUT2D eigenvalue weighted by molar-refractivity contribution is -0.119. The van der Waals surface area contributed by atoms with Crippen LogP contribution in [0.2, 0.25) is 0 Å². The summed E-state index contributed by atoms with van der Waals surface area (Å²) in [6.07, 6.45) is 3.87. The lowest BCUT2D eigenvalue weighted by Crippen LogP contribution is -2.23. The van der Waals surface area contributed by atoms with Crippen LogP contribution in [0.15, 0.2) is 79.1 Å². The van der Waals surface area contributed by atoms with Gasteiger partial charge in [0.15, 0.2) is 0 Å². The highest BCUT2D eigenvalue weighted by atomic mass is 32.1. The van der Waals surface area contributed by atoms with Crippen LogP contribution in [-0.4, -0.2) is 23.3 Å². The Hall–Kier alpha value is -3.48. The number of carbonyl (C=O) groups is 2. The van der Waals surface area contributed by atoms with Gasteiger partial charge in [0.1, 0.15) is 12.4 Å². The molecule has 0 spiro atoms. The zero-order valence-corrected chi connectivity index (χ0v) is 21.0. The molecule has 6 heteroatoms. The molecule has 4 rings (SSSR count). The number of benzene rings is 3. The minimum absolute atomic E-state index is 0. The predicted octanol–water partition coefficient (Wildman–Crippen LogP) is 5.18. The number of hydrogen-bond donors (Lipinski definition) is 1. The SMILES string of the molecule is Cc1ccc(C(=O)OCc2ccc([C@@H](CN)C(=O)Cc3ccc4cnccc4c3)cc2)c(C)c1.S. The number of ether oxygens (including phenoxy) is 1. The highest BCUT2D eigenvalue weighted by Gasteiger charge is 2.19. The third-order valence-electron chi connectivity index (χ3n) is 6.06. The van der Waals surface area contributed by atoms with Crippen molar-refractivity contribution in [1.82, 2.24) is 4.98 Å². The van der Waals surface area contributed by atoms with Crippen LogP contribution in [0.1, 0.15) is 44.1 Å². The van der Waals surface area contributed by atoms with Crippen LogP contribution in [0.3, 0.4) is 0 Å². The van der Waals surface area contributed by atoms with Gasteiger partial charge in [0.25, 0.3) is 0 Å². The van der Waals surface area contributed by atoms with Gasteiger partial charge in [0, 0.05) is 30.7 Å². The fraction of sp³-hybridized carbons (Fsp3) is 0.207. The highest BCUT2D eigenvalue weighted by Crippen LogP contribution is 2.21. The van der Waals surface area contributed by atoms with Crippen molar-refractivity contribution in [1.29, 1.82) is 0 Å². The molecule has 180 valence electrons. The average Bonchev–Trinajstić information content (AvgIpc) is 2.83. The lowest BCUT2D eigenvalue weighted by atomic mass is 9.90. The summed E-state index contributed by atoms with van der Waals surface area (Å²) in [6, 6.07) is 21.1. The fourth-order valence-electron chi connectivity index (χ4n) is 4.14. The molecular formula is C29H30N2O3S. The van der Waals surface area contributed by atoms with Crippen molar-refractivity contribution in [2.24, 2.45) is 5.73 Å². The molecule has 1 heterocycles. The van der Waals surface area contributed by atoms with E-state index in [9.17, 15) is 9.59 Å². The molecule has 35 heavy (non-hydrogen) atoms. The van der Waals surface area contributed by atoms with Gasteiger partial charge in [-0.25, -0.2) is 4.79 Å². The minimum atomic E-state index is -0.389. The van der Waals surface area contributed by atoms with Crippen molar-refractivity contribution in [2.75, 3.05) is 6.54 Å². The Morgan fingerprint density at radius 3 is 2.37 bits per heavy atom. The molecule has 0 bridgehead atoms. The van der Waals surface area contributed by atoms with E-state index >= 15 is 0 Å². The van der Waals surface area contributed by atoms with Gasteiger partial charge in [0.05, 0.1) is 11.5 Å². The number of rotatable bonds is 8. The smallest absolute Gasteiger partial charge is 0.338 e. The first-order valence-corrected chi connectivity index (χ1v) is 11.3. The summed E-state index contributed by atoms with van der Waals surface area (Å²) in [5.74, 6) is -0.660. The maximum atomic E-state index is 13.0. The Kier molecular flexibility index (Phi) is 8.79. The third-order valence-corrected chi connectivity index (χ3v) is 6.06. The number of nitrogens with two attached hydrogens (primary N) is 1.